The maximum Gasteiger partial charge on any atom is 0.306 e. The minimum absolute atomic E-state index is 0.371. The predicted octanol–water partition coefficient (Wildman–Crippen LogP) is 2.37. The van der Waals surface area contributed by atoms with Crippen LogP contribution in [0.25, 0.3) is 0 Å². The van der Waals surface area contributed by atoms with Crippen LogP contribution in [0.1, 0.15) is 12.0 Å². The zero-order valence-electron chi connectivity index (χ0n) is 8.07. The molecule has 1 unspecified atom stereocenters. The molecule has 2 rings (SSSR count). The van der Waals surface area contributed by atoms with Gasteiger partial charge < -0.3 is 9.84 Å². The van der Waals surface area contributed by atoms with E-state index in [-0.39, 0.29) is 5.92 Å². The first-order valence-electron chi connectivity index (χ1n) is 4.81. The molecule has 0 bridgehead atoms. The van der Waals surface area contributed by atoms with E-state index in [0.717, 1.165) is 11.3 Å². The summed E-state index contributed by atoms with van der Waals surface area (Å²) in [5.74, 6) is -0.390. The highest BCUT2D eigenvalue weighted by Crippen LogP contribution is 2.29. The van der Waals surface area contributed by atoms with Gasteiger partial charge in [0, 0.05) is 5.02 Å². The first kappa shape index (κ1) is 10.3. The number of carboxylic acids is 1. The second-order valence-electron chi connectivity index (χ2n) is 3.63. The number of hydrogen-bond acceptors (Lipinski definition) is 2. The monoisotopic (exact) mass is 226 g/mol. The first-order chi connectivity index (χ1) is 7.16. The molecule has 1 aliphatic rings. The molecule has 1 aromatic carbocycles. The minimum atomic E-state index is -0.772. The molecule has 1 aromatic rings. The van der Waals surface area contributed by atoms with Crippen LogP contribution in [0.2, 0.25) is 5.02 Å². The normalized spacial score (nSPS) is 19.9. The first-order valence-corrected chi connectivity index (χ1v) is 5.18. The SMILES string of the molecule is O=C(O)C1CCOc2ccc(Cl)cc2C1. The summed E-state index contributed by atoms with van der Waals surface area (Å²) >= 11 is 5.85. The molecule has 1 N–H and O–H groups in total. The van der Waals surface area contributed by atoms with E-state index in [1.807, 2.05) is 0 Å². The van der Waals surface area contributed by atoms with Crippen molar-refractivity contribution in [3.05, 3.63) is 28.8 Å². The average molecular weight is 227 g/mol. The second kappa shape index (κ2) is 4.11. The van der Waals surface area contributed by atoms with E-state index in [1.165, 1.54) is 0 Å². The van der Waals surface area contributed by atoms with Crippen molar-refractivity contribution in [1.82, 2.24) is 0 Å². The fourth-order valence-electron chi connectivity index (χ4n) is 1.74. The van der Waals surface area contributed by atoms with Crippen molar-refractivity contribution in [2.75, 3.05) is 6.61 Å². The van der Waals surface area contributed by atoms with Gasteiger partial charge in [0.25, 0.3) is 0 Å². The Morgan fingerprint density at radius 3 is 3.07 bits per heavy atom. The summed E-state index contributed by atoms with van der Waals surface area (Å²) in [7, 11) is 0. The zero-order valence-corrected chi connectivity index (χ0v) is 8.83. The highest BCUT2D eigenvalue weighted by atomic mass is 35.5. The summed E-state index contributed by atoms with van der Waals surface area (Å²) in [4.78, 5) is 10.9. The van der Waals surface area contributed by atoms with Crippen molar-refractivity contribution in [2.45, 2.75) is 12.8 Å². The third kappa shape index (κ3) is 2.23. The Morgan fingerprint density at radius 1 is 1.53 bits per heavy atom. The van der Waals surface area contributed by atoms with Crippen molar-refractivity contribution in [3.8, 4) is 5.75 Å². The summed E-state index contributed by atoms with van der Waals surface area (Å²) in [5.41, 5.74) is 0.882. The number of halogens is 1. The van der Waals surface area contributed by atoms with E-state index < -0.39 is 5.97 Å². The van der Waals surface area contributed by atoms with Crippen molar-refractivity contribution in [1.29, 1.82) is 0 Å². The number of fused-ring (bicyclic) bond motifs is 1. The Labute approximate surface area is 92.6 Å². The van der Waals surface area contributed by atoms with Gasteiger partial charge >= 0.3 is 5.97 Å². The van der Waals surface area contributed by atoms with Crippen LogP contribution in [0, 0.1) is 5.92 Å². The predicted molar refractivity (Wildman–Crippen MR) is 56.4 cm³/mol. The van der Waals surface area contributed by atoms with Crippen LogP contribution in [0.15, 0.2) is 18.2 Å². The molecule has 0 fully saturated rings. The molecule has 4 heteroatoms. The summed E-state index contributed by atoms with van der Waals surface area (Å²) in [5, 5.41) is 9.58. The van der Waals surface area contributed by atoms with Crippen molar-refractivity contribution in [2.24, 2.45) is 5.92 Å². The summed E-state index contributed by atoms with van der Waals surface area (Å²) in [6, 6.07) is 5.32. The van der Waals surface area contributed by atoms with Gasteiger partial charge in [0.05, 0.1) is 12.5 Å². The van der Waals surface area contributed by atoms with Crippen LogP contribution in [-0.2, 0) is 11.2 Å². The van der Waals surface area contributed by atoms with Gasteiger partial charge in [-0.25, -0.2) is 0 Å². The Hall–Kier alpha value is -1.22. The summed E-state index contributed by atoms with van der Waals surface area (Å²) in [6.45, 7) is 0.450. The highest BCUT2D eigenvalue weighted by molar-refractivity contribution is 6.30. The Morgan fingerprint density at radius 2 is 2.33 bits per heavy atom. The maximum atomic E-state index is 10.9. The maximum absolute atomic E-state index is 10.9. The lowest BCUT2D eigenvalue weighted by molar-refractivity contribution is -0.142. The van der Waals surface area contributed by atoms with Gasteiger partial charge in [0.2, 0.25) is 0 Å². The van der Waals surface area contributed by atoms with Gasteiger partial charge in [-0.15, -0.1) is 0 Å². The molecular weight excluding hydrogens is 216 g/mol. The van der Waals surface area contributed by atoms with Gasteiger partial charge in [0.15, 0.2) is 0 Å². The summed E-state index contributed by atoms with van der Waals surface area (Å²) < 4.78 is 5.46. The number of carbonyl (C=O) groups is 1. The van der Waals surface area contributed by atoms with E-state index in [1.54, 1.807) is 18.2 Å². The lowest BCUT2D eigenvalue weighted by Crippen LogP contribution is -2.16. The molecule has 80 valence electrons. The standard InChI is InChI=1S/C11H11ClO3/c12-9-1-2-10-8(6-9)5-7(11(13)14)3-4-15-10/h1-2,6-7H,3-5H2,(H,13,14). The van der Waals surface area contributed by atoms with Crippen LogP contribution in [0.5, 0.6) is 5.75 Å². The number of carboxylic acid groups (broad SMARTS) is 1. The van der Waals surface area contributed by atoms with E-state index in [4.69, 9.17) is 21.4 Å². The zero-order chi connectivity index (χ0) is 10.8. The molecule has 1 atom stereocenters. The molecule has 0 amide bonds. The van der Waals surface area contributed by atoms with Gasteiger partial charge in [-0.3, -0.25) is 4.79 Å². The van der Waals surface area contributed by atoms with Gasteiger partial charge in [-0.1, -0.05) is 11.6 Å². The Kier molecular flexibility index (Phi) is 2.82. The van der Waals surface area contributed by atoms with Gasteiger partial charge in [0.1, 0.15) is 5.75 Å². The molecule has 0 saturated carbocycles. The molecule has 1 heterocycles. The number of benzene rings is 1. The smallest absolute Gasteiger partial charge is 0.306 e. The van der Waals surface area contributed by atoms with E-state index in [9.17, 15) is 4.79 Å². The van der Waals surface area contributed by atoms with E-state index >= 15 is 0 Å². The molecule has 3 nitrogen and oxygen atoms in total. The fraction of sp³-hybridized carbons (Fsp3) is 0.364. The number of aliphatic carboxylic acids is 1. The molecule has 0 spiro atoms. The largest absolute Gasteiger partial charge is 0.493 e. The quantitative estimate of drug-likeness (QED) is 0.800. The number of rotatable bonds is 1. The van der Waals surface area contributed by atoms with Crippen molar-refractivity contribution in [3.63, 3.8) is 0 Å². The number of hydrogen-bond donors (Lipinski definition) is 1. The van der Waals surface area contributed by atoms with Crippen LogP contribution in [0.3, 0.4) is 0 Å². The van der Waals surface area contributed by atoms with E-state index in [0.29, 0.717) is 24.5 Å². The Bertz CT molecular complexity index is 389. The average Bonchev–Trinajstić information content (AvgIpc) is 2.39. The van der Waals surface area contributed by atoms with Crippen LogP contribution in [0.4, 0.5) is 0 Å². The second-order valence-corrected chi connectivity index (χ2v) is 4.06. The van der Waals surface area contributed by atoms with Gasteiger partial charge in [-0.05, 0) is 36.6 Å². The lowest BCUT2D eigenvalue weighted by atomic mass is 9.97. The lowest BCUT2D eigenvalue weighted by Gasteiger charge is -2.07. The molecule has 1 aliphatic heterocycles. The third-order valence-corrected chi connectivity index (χ3v) is 2.80. The van der Waals surface area contributed by atoms with Crippen molar-refractivity contribution >= 4 is 17.6 Å². The van der Waals surface area contributed by atoms with E-state index in [2.05, 4.69) is 0 Å². The minimum Gasteiger partial charge on any atom is -0.493 e. The Balaban J connectivity index is 2.31. The molecule has 15 heavy (non-hydrogen) atoms. The third-order valence-electron chi connectivity index (χ3n) is 2.56. The summed E-state index contributed by atoms with van der Waals surface area (Å²) in [6.07, 6.45) is 1.03. The highest BCUT2D eigenvalue weighted by Gasteiger charge is 2.23. The molecule has 0 aromatic heterocycles. The molecular formula is C11H11ClO3. The topological polar surface area (TPSA) is 46.5 Å². The molecule has 0 saturated heterocycles. The van der Waals surface area contributed by atoms with Crippen LogP contribution in [-0.4, -0.2) is 17.7 Å². The van der Waals surface area contributed by atoms with Crippen LogP contribution < -0.4 is 4.74 Å². The molecule has 0 aliphatic carbocycles. The van der Waals surface area contributed by atoms with Crippen LogP contribution >= 0.6 is 11.6 Å². The molecule has 0 radical (unpaired) electrons. The van der Waals surface area contributed by atoms with Crippen molar-refractivity contribution < 1.29 is 14.6 Å². The number of ether oxygens (including phenoxy) is 1. The fourth-order valence-corrected chi connectivity index (χ4v) is 1.93. The van der Waals surface area contributed by atoms with Gasteiger partial charge in [-0.2, -0.15) is 0 Å².